The van der Waals surface area contributed by atoms with Crippen LogP contribution in [0.5, 0.6) is 11.5 Å². The highest BCUT2D eigenvalue weighted by molar-refractivity contribution is 6.06. The van der Waals surface area contributed by atoms with Gasteiger partial charge in [0.2, 0.25) is 5.95 Å². The number of fused-ring (bicyclic) bond motifs is 1. The summed E-state index contributed by atoms with van der Waals surface area (Å²) in [7, 11) is 0. The predicted molar refractivity (Wildman–Crippen MR) is 140 cm³/mol. The van der Waals surface area contributed by atoms with Gasteiger partial charge in [0.25, 0.3) is 5.91 Å². The van der Waals surface area contributed by atoms with Gasteiger partial charge >= 0.3 is 0 Å². The Morgan fingerprint density at radius 1 is 1.00 bits per heavy atom. The van der Waals surface area contributed by atoms with E-state index in [1.165, 1.54) is 0 Å². The largest absolute Gasteiger partial charge is 0.490 e. The molecule has 0 radical (unpaired) electrons. The van der Waals surface area contributed by atoms with Crippen LogP contribution in [-0.4, -0.2) is 32.7 Å². The van der Waals surface area contributed by atoms with Gasteiger partial charge in [-0.25, -0.2) is 0 Å². The summed E-state index contributed by atoms with van der Waals surface area (Å²) in [4.78, 5) is 13.6. The summed E-state index contributed by atoms with van der Waals surface area (Å²) in [6, 6.07) is 22.7. The van der Waals surface area contributed by atoms with Crippen LogP contribution < -0.4 is 20.1 Å². The molecule has 0 unspecified atom stereocenters. The van der Waals surface area contributed by atoms with Crippen LogP contribution in [0.4, 0.5) is 11.6 Å². The van der Waals surface area contributed by atoms with Crippen molar-refractivity contribution < 1.29 is 14.3 Å². The lowest BCUT2D eigenvalue weighted by Gasteiger charge is -2.28. The van der Waals surface area contributed by atoms with E-state index in [-0.39, 0.29) is 5.91 Å². The molecule has 188 valence electrons. The maximum Gasteiger partial charge on any atom is 0.255 e. The number of nitrogens with zero attached hydrogens (tertiary/aromatic N) is 4. The highest BCUT2D eigenvalue weighted by Gasteiger charge is 2.34. The summed E-state index contributed by atoms with van der Waals surface area (Å²) in [5.74, 6) is 1.41. The monoisotopic (exact) mass is 496 g/mol. The molecule has 0 aliphatic carbocycles. The van der Waals surface area contributed by atoms with Gasteiger partial charge in [-0.05, 0) is 66.1 Å². The van der Waals surface area contributed by atoms with Crippen LogP contribution in [0.15, 0.2) is 84.1 Å². The van der Waals surface area contributed by atoms with E-state index < -0.39 is 6.04 Å². The van der Waals surface area contributed by atoms with Crippen LogP contribution >= 0.6 is 0 Å². The third kappa shape index (κ3) is 5.02. The zero-order valence-electron chi connectivity index (χ0n) is 20.9. The Bertz CT molecular complexity index is 1450. The summed E-state index contributed by atoms with van der Waals surface area (Å²) in [5, 5.41) is 18.3. The van der Waals surface area contributed by atoms with Crippen molar-refractivity contribution in [2.75, 3.05) is 17.2 Å². The fraction of sp³-hybridized carbons (Fsp3) is 0.214. The van der Waals surface area contributed by atoms with Gasteiger partial charge in [0.15, 0.2) is 11.5 Å². The van der Waals surface area contributed by atoms with Crippen molar-refractivity contribution in [3.63, 3.8) is 0 Å². The Morgan fingerprint density at radius 3 is 2.57 bits per heavy atom. The number of allylic oxidation sites excluding steroid dienone is 1. The lowest BCUT2D eigenvalue weighted by atomic mass is 9.94. The fourth-order valence-electron chi connectivity index (χ4n) is 4.33. The van der Waals surface area contributed by atoms with Gasteiger partial charge in [-0.15, -0.1) is 0 Å². The molecule has 2 N–H and O–H groups in total. The number of rotatable bonds is 8. The molecule has 3 aromatic carbocycles. The number of amides is 1. The molecule has 9 heteroatoms. The molecule has 9 nitrogen and oxygen atoms in total. The molecule has 0 spiro atoms. The zero-order chi connectivity index (χ0) is 25.8. The number of hydrogen-bond donors (Lipinski definition) is 2. The number of anilines is 2. The molecule has 1 aromatic heterocycles. The van der Waals surface area contributed by atoms with Crippen LogP contribution in [-0.2, 0) is 11.4 Å². The molecule has 0 bridgehead atoms. The fourth-order valence-corrected chi connectivity index (χ4v) is 4.33. The smallest absolute Gasteiger partial charge is 0.255 e. The number of tetrazole rings is 1. The standard InChI is InChI=1S/C28H28N6O3/c1-4-36-24-16-21(14-15-23(24)37-17-20-11-6-5-7-12-20)26-25(19(3)29-28-31-32-33-34(26)28)27(35)30-22-13-9-8-10-18(22)2/h5-16,26H,4,17H2,1-3H3,(H,30,35)(H,29,31,33)/t26-/m1/s1. The molecule has 1 amide bonds. The Hall–Kier alpha value is -4.66. The van der Waals surface area contributed by atoms with Gasteiger partial charge in [-0.2, -0.15) is 4.68 Å². The van der Waals surface area contributed by atoms with E-state index in [1.54, 1.807) is 4.68 Å². The number of hydrogen-bond acceptors (Lipinski definition) is 7. The number of carbonyl (C=O) groups excluding carboxylic acids is 1. The van der Waals surface area contributed by atoms with Crippen LogP contribution in [0, 0.1) is 6.92 Å². The first-order valence-corrected chi connectivity index (χ1v) is 12.1. The van der Waals surface area contributed by atoms with Crippen LogP contribution in [0.2, 0.25) is 0 Å². The molecule has 1 aliphatic heterocycles. The molecule has 5 rings (SSSR count). The molecule has 1 atom stereocenters. The third-order valence-corrected chi connectivity index (χ3v) is 6.17. The minimum Gasteiger partial charge on any atom is -0.490 e. The highest BCUT2D eigenvalue weighted by Crippen LogP contribution is 2.39. The maximum atomic E-state index is 13.6. The second-order valence-electron chi connectivity index (χ2n) is 8.70. The van der Waals surface area contributed by atoms with E-state index in [2.05, 4.69) is 26.2 Å². The topological polar surface area (TPSA) is 103 Å². The average Bonchev–Trinajstić information content (AvgIpc) is 3.37. The molecule has 0 saturated heterocycles. The van der Waals surface area contributed by atoms with Crippen LogP contribution in [0.1, 0.15) is 36.6 Å². The second-order valence-corrected chi connectivity index (χ2v) is 8.70. The normalized spacial score (nSPS) is 14.5. The predicted octanol–water partition coefficient (Wildman–Crippen LogP) is 4.89. The third-order valence-electron chi connectivity index (χ3n) is 6.17. The summed E-state index contributed by atoms with van der Waals surface area (Å²) >= 11 is 0. The van der Waals surface area contributed by atoms with E-state index >= 15 is 0 Å². The molecule has 37 heavy (non-hydrogen) atoms. The first kappa shape index (κ1) is 24.1. The van der Waals surface area contributed by atoms with Gasteiger partial charge < -0.3 is 20.1 Å². The lowest BCUT2D eigenvalue weighted by molar-refractivity contribution is -0.113. The number of ether oxygens (including phenoxy) is 2. The number of para-hydroxylation sites is 1. The van der Waals surface area contributed by atoms with E-state index in [0.29, 0.717) is 41.9 Å². The van der Waals surface area contributed by atoms with Crippen molar-refractivity contribution in [3.8, 4) is 11.5 Å². The summed E-state index contributed by atoms with van der Waals surface area (Å²) in [6.07, 6.45) is 0. The van der Waals surface area contributed by atoms with E-state index in [9.17, 15) is 4.79 Å². The summed E-state index contributed by atoms with van der Waals surface area (Å²) in [6.45, 7) is 6.59. The lowest BCUT2D eigenvalue weighted by Crippen LogP contribution is -2.31. The SMILES string of the molecule is CCOc1cc([C@@H]2C(C(=O)Nc3ccccc3C)=C(C)Nc3nnnn32)ccc1OCc1ccccc1. The van der Waals surface area contributed by atoms with Gasteiger partial charge in [0.05, 0.1) is 12.2 Å². The number of aryl methyl sites for hydroxylation is 1. The van der Waals surface area contributed by atoms with Crippen molar-refractivity contribution >= 4 is 17.5 Å². The van der Waals surface area contributed by atoms with Crippen molar-refractivity contribution in [1.29, 1.82) is 0 Å². The number of nitrogens with one attached hydrogen (secondary N) is 2. The Labute approximate surface area is 215 Å². The average molecular weight is 497 g/mol. The van der Waals surface area contributed by atoms with Gasteiger partial charge in [0.1, 0.15) is 12.6 Å². The van der Waals surface area contributed by atoms with Crippen molar-refractivity contribution in [1.82, 2.24) is 20.2 Å². The molecular weight excluding hydrogens is 468 g/mol. The zero-order valence-corrected chi connectivity index (χ0v) is 20.9. The first-order valence-electron chi connectivity index (χ1n) is 12.1. The number of benzene rings is 3. The second kappa shape index (κ2) is 10.5. The minimum absolute atomic E-state index is 0.243. The van der Waals surface area contributed by atoms with E-state index in [0.717, 1.165) is 22.4 Å². The number of carbonyl (C=O) groups is 1. The van der Waals surface area contributed by atoms with Crippen LogP contribution in [0.25, 0.3) is 0 Å². The quantitative estimate of drug-likeness (QED) is 0.358. The molecule has 4 aromatic rings. The first-order chi connectivity index (χ1) is 18.0. The maximum absolute atomic E-state index is 13.6. The molecule has 0 saturated carbocycles. The number of aromatic nitrogens is 4. The van der Waals surface area contributed by atoms with Gasteiger partial charge in [0, 0.05) is 11.4 Å². The van der Waals surface area contributed by atoms with Crippen molar-refractivity contribution in [2.45, 2.75) is 33.4 Å². The van der Waals surface area contributed by atoms with Crippen molar-refractivity contribution in [2.24, 2.45) is 0 Å². The van der Waals surface area contributed by atoms with Crippen molar-refractivity contribution in [3.05, 3.63) is 101 Å². The van der Waals surface area contributed by atoms with Gasteiger partial charge in [-0.3, -0.25) is 4.79 Å². The highest BCUT2D eigenvalue weighted by atomic mass is 16.5. The Balaban J connectivity index is 1.50. The molecular formula is C28H28N6O3. The summed E-state index contributed by atoms with van der Waals surface area (Å²) < 4.78 is 13.6. The summed E-state index contributed by atoms with van der Waals surface area (Å²) in [5.41, 5.74) is 4.73. The van der Waals surface area contributed by atoms with E-state index in [1.807, 2.05) is 93.6 Å². The Morgan fingerprint density at radius 2 is 1.78 bits per heavy atom. The van der Waals surface area contributed by atoms with E-state index in [4.69, 9.17) is 9.47 Å². The minimum atomic E-state index is -0.572. The molecule has 2 heterocycles. The molecule has 1 aliphatic rings. The molecule has 0 fully saturated rings. The van der Waals surface area contributed by atoms with Gasteiger partial charge in [-0.1, -0.05) is 59.7 Å². The Kier molecular flexibility index (Phi) is 6.85. The van der Waals surface area contributed by atoms with Crippen LogP contribution in [0.3, 0.4) is 0 Å².